The van der Waals surface area contributed by atoms with Crippen molar-refractivity contribution >= 4 is 0 Å². The first kappa shape index (κ1) is 50.4. The van der Waals surface area contributed by atoms with Gasteiger partial charge in [0.2, 0.25) is 0 Å². The molecule has 0 aromatic heterocycles. The van der Waals surface area contributed by atoms with E-state index in [1.54, 1.807) is 0 Å². The molecule has 0 saturated heterocycles. The second kappa shape index (κ2) is 42.5. The zero-order chi connectivity index (χ0) is 38.0. The second-order valence-electron chi connectivity index (χ2n) is 17.8. The van der Waals surface area contributed by atoms with Gasteiger partial charge in [-0.15, -0.1) is 0 Å². The van der Waals surface area contributed by atoms with Crippen molar-refractivity contribution in [1.82, 2.24) is 9.80 Å². The standard InChI is InChI=1S/C51H102N2/c1-4-7-10-13-16-19-22-25-26-27-28-30-33-36-39-42-45-48-53-50-49-52(47-44-41-38-35-32-29-23-20-17-14-11-8-5-2)51(53)46-43-40-37-34-31-24-21-18-15-12-9-6-3/h49-51H,4-48H2,1-3H3. The van der Waals surface area contributed by atoms with Crippen molar-refractivity contribution < 1.29 is 0 Å². The van der Waals surface area contributed by atoms with Gasteiger partial charge in [0.15, 0.2) is 0 Å². The van der Waals surface area contributed by atoms with Crippen LogP contribution in [0, 0.1) is 0 Å². The van der Waals surface area contributed by atoms with Gasteiger partial charge in [0, 0.05) is 25.5 Å². The molecule has 0 radical (unpaired) electrons. The Morgan fingerprint density at radius 1 is 0.245 bits per heavy atom. The minimum Gasteiger partial charge on any atom is -0.356 e. The van der Waals surface area contributed by atoms with Gasteiger partial charge >= 0.3 is 0 Å². The van der Waals surface area contributed by atoms with Gasteiger partial charge in [-0.25, -0.2) is 0 Å². The van der Waals surface area contributed by atoms with Crippen LogP contribution in [0.1, 0.15) is 297 Å². The summed E-state index contributed by atoms with van der Waals surface area (Å²) in [4.78, 5) is 5.48. The zero-order valence-electron chi connectivity index (χ0n) is 37.4. The van der Waals surface area contributed by atoms with Crippen molar-refractivity contribution in [2.75, 3.05) is 13.1 Å². The second-order valence-corrected chi connectivity index (χ2v) is 17.8. The van der Waals surface area contributed by atoms with Gasteiger partial charge in [0.25, 0.3) is 0 Å². The minimum atomic E-state index is 0.636. The van der Waals surface area contributed by atoms with Crippen LogP contribution in [0.2, 0.25) is 0 Å². The van der Waals surface area contributed by atoms with E-state index in [4.69, 9.17) is 0 Å². The fourth-order valence-corrected chi connectivity index (χ4v) is 8.84. The van der Waals surface area contributed by atoms with Crippen molar-refractivity contribution in [3.8, 4) is 0 Å². The lowest BCUT2D eigenvalue weighted by Gasteiger charge is -2.33. The molecule has 0 saturated carbocycles. The molecule has 1 aliphatic heterocycles. The monoisotopic (exact) mass is 743 g/mol. The molecule has 2 heteroatoms. The van der Waals surface area contributed by atoms with Crippen LogP contribution in [0.25, 0.3) is 0 Å². The number of hydrogen-bond acceptors (Lipinski definition) is 2. The highest BCUT2D eigenvalue weighted by Gasteiger charge is 2.25. The molecule has 53 heavy (non-hydrogen) atoms. The predicted octanol–water partition coefficient (Wildman–Crippen LogP) is 18.2. The van der Waals surface area contributed by atoms with Crippen LogP contribution in [0.3, 0.4) is 0 Å². The molecule has 1 atom stereocenters. The number of unbranched alkanes of at least 4 members (excludes halogenated alkanes) is 39. The van der Waals surface area contributed by atoms with E-state index in [-0.39, 0.29) is 0 Å². The van der Waals surface area contributed by atoms with E-state index in [9.17, 15) is 0 Å². The Morgan fingerprint density at radius 3 is 0.660 bits per heavy atom. The molecule has 0 N–H and O–H groups in total. The molecule has 1 aliphatic rings. The molecule has 0 bridgehead atoms. The number of hydrogen-bond donors (Lipinski definition) is 0. The lowest BCUT2D eigenvalue weighted by molar-refractivity contribution is 0.135. The molecule has 316 valence electrons. The highest BCUT2D eigenvalue weighted by atomic mass is 15.4. The summed E-state index contributed by atoms with van der Waals surface area (Å²) in [5.41, 5.74) is 0. The maximum absolute atomic E-state index is 2.74. The van der Waals surface area contributed by atoms with Gasteiger partial charge < -0.3 is 9.80 Å². The molecule has 0 amide bonds. The molecule has 0 aromatic carbocycles. The van der Waals surface area contributed by atoms with Gasteiger partial charge in [-0.3, -0.25) is 0 Å². The van der Waals surface area contributed by atoms with Crippen molar-refractivity contribution in [1.29, 1.82) is 0 Å². The van der Waals surface area contributed by atoms with E-state index in [0.29, 0.717) is 6.17 Å². The molecule has 1 unspecified atom stereocenters. The Hall–Kier alpha value is -0.660. The van der Waals surface area contributed by atoms with Crippen LogP contribution < -0.4 is 0 Å². The van der Waals surface area contributed by atoms with Crippen molar-refractivity contribution in [2.24, 2.45) is 0 Å². The first-order valence-corrected chi connectivity index (χ1v) is 25.5. The summed E-state index contributed by atoms with van der Waals surface area (Å²) in [5.74, 6) is 0. The molecule has 1 rings (SSSR count). The van der Waals surface area contributed by atoms with E-state index in [1.165, 1.54) is 289 Å². The van der Waals surface area contributed by atoms with Crippen LogP contribution in [-0.4, -0.2) is 29.1 Å². The maximum Gasteiger partial charge on any atom is 0.101 e. The average Bonchev–Trinajstić information content (AvgIpc) is 3.55. The zero-order valence-corrected chi connectivity index (χ0v) is 37.4. The molecule has 0 fully saturated rings. The topological polar surface area (TPSA) is 6.48 Å². The van der Waals surface area contributed by atoms with Crippen LogP contribution in [0.4, 0.5) is 0 Å². The normalized spacial score (nSPS) is 14.4. The lowest BCUT2D eigenvalue weighted by atomic mass is 10.0. The summed E-state index contributed by atoms with van der Waals surface area (Å²) < 4.78 is 0. The van der Waals surface area contributed by atoms with Gasteiger partial charge in [-0.1, -0.05) is 271 Å². The summed E-state index contributed by atoms with van der Waals surface area (Å²) in [7, 11) is 0. The Kier molecular flexibility index (Phi) is 40.4. The molecule has 1 heterocycles. The maximum atomic E-state index is 2.74. The lowest BCUT2D eigenvalue weighted by Crippen LogP contribution is -2.39. The third-order valence-electron chi connectivity index (χ3n) is 12.6. The Bertz CT molecular complexity index is 702. The van der Waals surface area contributed by atoms with Crippen molar-refractivity contribution in [3.63, 3.8) is 0 Å². The first-order chi connectivity index (χ1) is 26.3. The predicted molar refractivity (Wildman–Crippen MR) is 242 cm³/mol. The van der Waals surface area contributed by atoms with Gasteiger partial charge in [0.05, 0.1) is 0 Å². The van der Waals surface area contributed by atoms with Crippen LogP contribution in [-0.2, 0) is 0 Å². The van der Waals surface area contributed by atoms with E-state index in [0.717, 1.165) is 0 Å². The van der Waals surface area contributed by atoms with E-state index in [1.807, 2.05) is 0 Å². The summed E-state index contributed by atoms with van der Waals surface area (Å²) in [6, 6.07) is 0. The number of rotatable bonds is 45. The highest BCUT2D eigenvalue weighted by molar-refractivity contribution is 4.97. The van der Waals surface area contributed by atoms with Crippen molar-refractivity contribution in [2.45, 2.75) is 303 Å². The third-order valence-corrected chi connectivity index (χ3v) is 12.6. The number of nitrogens with zero attached hydrogens (tertiary/aromatic N) is 2. The fourth-order valence-electron chi connectivity index (χ4n) is 8.84. The SMILES string of the molecule is CCCCCCCCCCCCCCCCCCCN1C=CN(CCCCCCCCCCCCCCC)C1CCCCCCCCCCCCCC. The van der Waals surface area contributed by atoms with E-state index >= 15 is 0 Å². The average molecular weight is 743 g/mol. The van der Waals surface area contributed by atoms with Crippen molar-refractivity contribution in [3.05, 3.63) is 12.4 Å². The van der Waals surface area contributed by atoms with E-state index in [2.05, 4.69) is 43.0 Å². The smallest absolute Gasteiger partial charge is 0.101 e. The Morgan fingerprint density at radius 2 is 0.434 bits per heavy atom. The van der Waals surface area contributed by atoms with Crippen LogP contribution in [0.5, 0.6) is 0 Å². The van der Waals surface area contributed by atoms with Gasteiger partial charge in [-0.05, 0) is 25.7 Å². The van der Waals surface area contributed by atoms with Crippen LogP contribution in [0.15, 0.2) is 12.4 Å². The Labute approximate surface area is 337 Å². The molecular weight excluding hydrogens is 641 g/mol. The molecule has 0 aliphatic carbocycles. The largest absolute Gasteiger partial charge is 0.356 e. The molecule has 0 spiro atoms. The quantitative estimate of drug-likeness (QED) is 0.0573. The first-order valence-electron chi connectivity index (χ1n) is 25.5. The van der Waals surface area contributed by atoms with Gasteiger partial charge in [0.1, 0.15) is 6.17 Å². The molecule has 2 nitrogen and oxygen atoms in total. The summed E-state index contributed by atoms with van der Waals surface area (Å²) in [5, 5.41) is 0. The minimum absolute atomic E-state index is 0.636. The fraction of sp³-hybridized carbons (Fsp3) is 0.961. The third kappa shape index (κ3) is 34.3. The van der Waals surface area contributed by atoms with E-state index < -0.39 is 0 Å². The van der Waals surface area contributed by atoms with Gasteiger partial charge in [-0.2, -0.15) is 0 Å². The summed E-state index contributed by atoms with van der Waals surface area (Å²) in [6.07, 6.45) is 67.9. The van der Waals surface area contributed by atoms with Crippen LogP contribution >= 0.6 is 0 Å². The Balaban J connectivity index is 2.18. The summed E-state index contributed by atoms with van der Waals surface area (Å²) >= 11 is 0. The summed E-state index contributed by atoms with van der Waals surface area (Å²) in [6.45, 7) is 9.50. The molecular formula is C51H102N2. The highest BCUT2D eigenvalue weighted by Crippen LogP contribution is 2.24. The molecule has 0 aromatic rings.